The van der Waals surface area contributed by atoms with Crippen LogP contribution in [0.1, 0.15) is 55.3 Å². The number of likely N-dealkylation sites (tertiary alicyclic amines) is 1. The average molecular weight is 272 g/mol. The number of fused-ring (bicyclic) bond motifs is 1. The van der Waals surface area contributed by atoms with Gasteiger partial charge in [-0.1, -0.05) is 30.2 Å². The second kappa shape index (κ2) is 6.28. The van der Waals surface area contributed by atoms with E-state index in [1.807, 2.05) is 0 Å². The van der Waals surface area contributed by atoms with Crippen molar-refractivity contribution in [3.63, 3.8) is 0 Å². The minimum Gasteiger partial charge on any atom is -0.306 e. The molecule has 1 aliphatic carbocycles. The van der Waals surface area contributed by atoms with Crippen molar-refractivity contribution >= 4 is 0 Å². The molecule has 2 atom stereocenters. The fraction of sp³-hybridized carbons (Fsp3) is 0.667. The predicted molar refractivity (Wildman–Crippen MR) is 85.1 cm³/mol. The molecule has 1 fully saturated rings. The summed E-state index contributed by atoms with van der Waals surface area (Å²) in [5.74, 6) is 0. The van der Waals surface area contributed by atoms with Crippen LogP contribution in [-0.4, -0.2) is 30.6 Å². The zero-order valence-corrected chi connectivity index (χ0v) is 13.0. The highest BCUT2D eigenvalue weighted by Crippen LogP contribution is 2.32. The van der Waals surface area contributed by atoms with E-state index in [1.54, 1.807) is 11.1 Å². The summed E-state index contributed by atoms with van der Waals surface area (Å²) < 4.78 is 0. The molecule has 2 heteroatoms. The number of aryl methyl sites for hydroxylation is 2. The molecule has 1 saturated heterocycles. The monoisotopic (exact) mass is 272 g/mol. The maximum atomic E-state index is 3.87. The maximum Gasteiger partial charge on any atom is 0.0329 e. The topological polar surface area (TPSA) is 15.3 Å². The van der Waals surface area contributed by atoms with Crippen molar-refractivity contribution < 1.29 is 0 Å². The molecule has 1 aromatic carbocycles. The van der Waals surface area contributed by atoms with E-state index in [-0.39, 0.29) is 0 Å². The Balaban J connectivity index is 1.57. The fourth-order valence-corrected chi connectivity index (χ4v) is 3.82. The van der Waals surface area contributed by atoms with Crippen molar-refractivity contribution in [2.24, 2.45) is 0 Å². The molecule has 20 heavy (non-hydrogen) atoms. The highest BCUT2D eigenvalue weighted by molar-refractivity contribution is 5.37. The Hall–Kier alpha value is -0.860. The molecule has 1 aliphatic heterocycles. The van der Waals surface area contributed by atoms with E-state index in [2.05, 4.69) is 42.3 Å². The second-order valence-electron chi connectivity index (χ2n) is 6.72. The minimum atomic E-state index is 0.574. The summed E-state index contributed by atoms with van der Waals surface area (Å²) in [6, 6.07) is 8.11. The van der Waals surface area contributed by atoms with E-state index in [4.69, 9.17) is 0 Å². The number of rotatable bonds is 4. The van der Waals surface area contributed by atoms with Gasteiger partial charge in [-0.3, -0.25) is 0 Å². The first kappa shape index (κ1) is 14.1. The average Bonchev–Trinajstić information content (AvgIpc) is 2.82. The lowest BCUT2D eigenvalue weighted by Crippen LogP contribution is -2.42. The normalized spacial score (nSPS) is 24.6. The highest BCUT2D eigenvalue weighted by atomic mass is 15.2. The largest absolute Gasteiger partial charge is 0.306 e. The number of nitrogens with zero attached hydrogens (tertiary/aromatic N) is 1. The van der Waals surface area contributed by atoms with Gasteiger partial charge in [-0.05, 0) is 63.7 Å². The SMILES string of the molecule is Cc1ccc2c(c1)C(NC(C)CN1CCCCC1)CC2. The number of piperidine rings is 1. The Bertz CT molecular complexity index is 449. The van der Waals surface area contributed by atoms with E-state index in [1.165, 1.54) is 57.3 Å². The smallest absolute Gasteiger partial charge is 0.0329 e. The molecular weight excluding hydrogens is 244 g/mol. The van der Waals surface area contributed by atoms with E-state index >= 15 is 0 Å². The van der Waals surface area contributed by atoms with E-state index in [9.17, 15) is 0 Å². The fourth-order valence-electron chi connectivity index (χ4n) is 3.82. The van der Waals surface area contributed by atoms with Crippen molar-refractivity contribution in [3.05, 3.63) is 34.9 Å². The summed E-state index contributed by atoms with van der Waals surface area (Å²) in [6.07, 6.45) is 6.71. The van der Waals surface area contributed by atoms with Gasteiger partial charge in [0.2, 0.25) is 0 Å². The third kappa shape index (κ3) is 3.24. The molecule has 0 aromatic heterocycles. The zero-order chi connectivity index (χ0) is 13.9. The van der Waals surface area contributed by atoms with Crippen molar-refractivity contribution in [2.45, 2.75) is 58.0 Å². The molecule has 0 spiro atoms. The van der Waals surface area contributed by atoms with Crippen LogP contribution in [0, 0.1) is 6.92 Å². The lowest BCUT2D eigenvalue weighted by Gasteiger charge is -2.30. The summed E-state index contributed by atoms with van der Waals surface area (Å²) >= 11 is 0. The van der Waals surface area contributed by atoms with Crippen LogP contribution in [0.2, 0.25) is 0 Å². The number of hydrogen-bond donors (Lipinski definition) is 1. The van der Waals surface area contributed by atoms with E-state index in [0.717, 1.165) is 0 Å². The molecule has 1 heterocycles. The quantitative estimate of drug-likeness (QED) is 0.903. The van der Waals surface area contributed by atoms with Gasteiger partial charge in [0.1, 0.15) is 0 Å². The number of benzene rings is 1. The van der Waals surface area contributed by atoms with Gasteiger partial charge in [0.15, 0.2) is 0 Å². The molecular formula is C18H28N2. The van der Waals surface area contributed by atoms with Crippen LogP contribution in [0.25, 0.3) is 0 Å². The molecule has 0 bridgehead atoms. The second-order valence-corrected chi connectivity index (χ2v) is 6.72. The molecule has 0 amide bonds. The molecule has 2 aliphatic rings. The lowest BCUT2D eigenvalue weighted by atomic mass is 10.0. The van der Waals surface area contributed by atoms with Crippen LogP contribution in [0.5, 0.6) is 0 Å². The van der Waals surface area contributed by atoms with Gasteiger partial charge in [0.25, 0.3) is 0 Å². The molecule has 1 aromatic rings. The Morgan fingerprint density at radius 2 is 2.05 bits per heavy atom. The molecule has 110 valence electrons. The highest BCUT2D eigenvalue weighted by Gasteiger charge is 2.24. The van der Waals surface area contributed by atoms with Crippen LogP contribution in [0.3, 0.4) is 0 Å². The van der Waals surface area contributed by atoms with Gasteiger partial charge >= 0.3 is 0 Å². The van der Waals surface area contributed by atoms with Gasteiger partial charge in [-0.15, -0.1) is 0 Å². The van der Waals surface area contributed by atoms with Crippen LogP contribution >= 0.6 is 0 Å². The number of nitrogens with one attached hydrogen (secondary N) is 1. The van der Waals surface area contributed by atoms with Crippen LogP contribution in [-0.2, 0) is 6.42 Å². The third-order valence-corrected chi connectivity index (χ3v) is 4.85. The molecule has 3 rings (SSSR count). The summed E-state index contributed by atoms with van der Waals surface area (Å²) in [4.78, 5) is 2.63. The summed E-state index contributed by atoms with van der Waals surface area (Å²) in [5, 5.41) is 3.87. The summed E-state index contributed by atoms with van der Waals surface area (Å²) in [6.45, 7) is 8.35. The van der Waals surface area contributed by atoms with Crippen LogP contribution in [0.4, 0.5) is 0 Å². The molecule has 2 unspecified atom stereocenters. The summed E-state index contributed by atoms with van der Waals surface area (Å²) in [7, 11) is 0. The Labute approximate surface area is 123 Å². The molecule has 0 radical (unpaired) electrons. The first-order chi connectivity index (χ1) is 9.72. The van der Waals surface area contributed by atoms with Crippen molar-refractivity contribution in [2.75, 3.05) is 19.6 Å². The Morgan fingerprint density at radius 1 is 1.25 bits per heavy atom. The molecule has 1 N–H and O–H groups in total. The summed E-state index contributed by atoms with van der Waals surface area (Å²) in [5.41, 5.74) is 4.50. The van der Waals surface area contributed by atoms with E-state index in [0.29, 0.717) is 12.1 Å². The Morgan fingerprint density at radius 3 is 2.85 bits per heavy atom. The van der Waals surface area contributed by atoms with Gasteiger partial charge in [-0.25, -0.2) is 0 Å². The first-order valence-corrected chi connectivity index (χ1v) is 8.30. The zero-order valence-electron chi connectivity index (χ0n) is 13.0. The number of hydrogen-bond acceptors (Lipinski definition) is 2. The van der Waals surface area contributed by atoms with Crippen LogP contribution < -0.4 is 5.32 Å². The van der Waals surface area contributed by atoms with Crippen molar-refractivity contribution in [3.8, 4) is 0 Å². The van der Waals surface area contributed by atoms with Crippen molar-refractivity contribution in [1.82, 2.24) is 10.2 Å². The van der Waals surface area contributed by atoms with Crippen molar-refractivity contribution in [1.29, 1.82) is 0 Å². The lowest BCUT2D eigenvalue weighted by molar-refractivity contribution is 0.204. The standard InChI is InChI=1S/C18H28N2/c1-14-6-7-16-8-9-18(17(16)12-14)19-15(2)13-20-10-4-3-5-11-20/h6-7,12,15,18-19H,3-5,8-11,13H2,1-2H3. The van der Waals surface area contributed by atoms with Gasteiger partial charge in [0.05, 0.1) is 0 Å². The molecule has 0 saturated carbocycles. The maximum absolute atomic E-state index is 3.87. The minimum absolute atomic E-state index is 0.574. The Kier molecular flexibility index (Phi) is 4.42. The predicted octanol–water partition coefficient (Wildman–Crippen LogP) is 3.45. The molecule has 2 nitrogen and oxygen atoms in total. The van der Waals surface area contributed by atoms with E-state index < -0.39 is 0 Å². The van der Waals surface area contributed by atoms with Crippen LogP contribution in [0.15, 0.2) is 18.2 Å². The van der Waals surface area contributed by atoms with Gasteiger partial charge < -0.3 is 10.2 Å². The van der Waals surface area contributed by atoms with Gasteiger partial charge in [-0.2, -0.15) is 0 Å². The first-order valence-electron chi connectivity index (χ1n) is 8.30. The van der Waals surface area contributed by atoms with Gasteiger partial charge in [0, 0.05) is 18.6 Å². The third-order valence-electron chi connectivity index (χ3n) is 4.85.